The van der Waals surface area contributed by atoms with Crippen molar-refractivity contribution in [3.05, 3.63) is 105 Å². The van der Waals surface area contributed by atoms with Crippen molar-refractivity contribution in [3.8, 4) is 0 Å². The Hall–Kier alpha value is -2.82. The van der Waals surface area contributed by atoms with Crippen molar-refractivity contribution in [2.24, 2.45) is 5.92 Å². The lowest BCUT2D eigenvalue weighted by Gasteiger charge is -2.32. The molecular weight excluding hydrogens is 491 g/mol. The van der Waals surface area contributed by atoms with E-state index in [-0.39, 0.29) is 24.8 Å². The minimum Gasteiger partial charge on any atom is -0.354 e. The molecule has 0 spiro atoms. The van der Waals surface area contributed by atoms with E-state index >= 15 is 0 Å². The van der Waals surface area contributed by atoms with Crippen LogP contribution < -0.4 is 5.32 Å². The lowest BCUT2D eigenvalue weighted by molar-refractivity contribution is -0.140. The van der Waals surface area contributed by atoms with Crippen molar-refractivity contribution in [1.82, 2.24) is 10.2 Å². The summed E-state index contributed by atoms with van der Waals surface area (Å²) < 4.78 is 0. The van der Waals surface area contributed by atoms with E-state index < -0.39 is 6.04 Å². The number of hydrogen-bond donors (Lipinski definition) is 1. The van der Waals surface area contributed by atoms with E-state index in [2.05, 4.69) is 11.4 Å². The number of nitrogens with zero attached hydrogens (tertiary/aromatic N) is 1. The van der Waals surface area contributed by atoms with Crippen LogP contribution in [-0.2, 0) is 29.0 Å². The summed E-state index contributed by atoms with van der Waals surface area (Å²) in [6, 6.07) is 20.6. The molecule has 36 heavy (non-hydrogen) atoms. The topological polar surface area (TPSA) is 49.4 Å². The Morgan fingerprint density at radius 1 is 0.833 bits per heavy atom. The van der Waals surface area contributed by atoms with Crippen LogP contribution in [0, 0.1) is 19.8 Å². The number of hydrogen-bond acceptors (Lipinski definition) is 2. The molecule has 0 unspecified atom stereocenters. The van der Waals surface area contributed by atoms with E-state index in [0.29, 0.717) is 28.9 Å². The average Bonchev–Trinajstić information content (AvgIpc) is 2.82. The maximum atomic E-state index is 13.9. The van der Waals surface area contributed by atoms with Gasteiger partial charge >= 0.3 is 0 Å². The molecule has 0 fully saturated rings. The fraction of sp³-hybridized carbons (Fsp3) is 0.333. The summed E-state index contributed by atoms with van der Waals surface area (Å²) in [5.41, 5.74) is 4.93. The summed E-state index contributed by atoms with van der Waals surface area (Å²) in [5, 5.41) is 3.91. The molecular formula is C30H34Cl2N2O2. The lowest BCUT2D eigenvalue weighted by Crippen LogP contribution is -2.51. The zero-order chi connectivity index (χ0) is 26.2. The summed E-state index contributed by atoms with van der Waals surface area (Å²) in [4.78, 5) is 29.1. The normalized spacial score (nSPS) is 11.9. The molecule has 6 heteroatoms. The summed E-state index contributed by atoms with van der Waals surface area (Å²) >= 11 is 12.4. The number of carbonyl (C=O) groups is 2. The largest absolute Gasteiger partial charge is 0.354 e. The highest BCUT2D eigenvalue weighted by Gasteiger charge is 2.30. The minimum atomic E-state index is -0.681. The van der Waals surface area contributed by atoms with Gasteiger partial charge in [-0.2, -0.15) is 0 Å². The van der Waals surface area contributed by atoms with E-state index in [9.17, 15) is 9.59 Å². The molecule has 1 N–H and O–H groups in total. The second-order valence-electron chi connectivity index (χ2n) is 9.79. The zero-order valence-corrected chi connectivity index (χ0v) is 22.9. The van der Waals surface area contributed by atoms with Gasteiger partial charge in [0.25, 0.3) is 0 Å². The van der Waals surface area contributed by atoms with Crippen LogP contribution >= 0.6 is 23.2 Å². The van der Waals surface area contributed by atoms with E-state index in [1.54, 1.807) is 17.0 Å². The zero-order valence-electron chi connectivity index (χ0n) is 21.4. The fourth-order valence-electron chi connectivity index (χ4n) is 4.26. The highest BCUT2D eigenvalue weighted by Crippen LogP contribution is 2.25. The van der Waals surface area contributed by atoms with Crippen molar-refractivity contribution in [2.75, 3.05) is 6.54 Å². The van der Waals surface area contributed by atoms with E-state index in [0.717, 1.165) is 27.8 Å². The number of nitrogens with one attached hydrogen (secondary N) is 1. The molecule has 3 rings (SSSR count). The first kappa shape index (κ1) is 27.8. The van der Waals surface area contributed by atoms with Crippen molar-refractivity contribution >= 4 is 35.0 Å². The Balaban J connectivity index is 1.99. The number of rotatable bonds is 10. The van der Waals surface area contributed by atoms with Gasteiger partial charge in [0.1, 0.15) is 6.04 Å². The Bertz CT molecular complexity index is 1170. The third-order valence-electron chi connectivity index (χ3n) is 5.93. The van der Waals surface area contributed by atoms with Crippen molar-refractivity contribution < 1.29 is 9.59 Å². The van der Waals surface area contributed by atoms with E-state index in [4.69, 9.17) is 23.2 Å². The molecule has 190 valence electrons. The molecule has 0 bridgehead atoms. The second kappa shape index (κ2) is 12.9. The summed E-state index contributed by atoms with van der Waals surface area (Å²) in [6.45, 7) is 8.91. The molecule has 0 saturated heterocycles. The fourth-order valence-corrected chi connectivity index (χ4v) is 4.58. The molecule has 0 saturated carbocycles. The second-order valence-corrected chi connectivity index (χ2v) is 10.6. The maximum absolute atomic E-state index is 13.9. The molecule has 3 aromatic carbocycles. The van der Waals surface area contributed by atoms with Gasteiger partial charge in [-0.15, -0.1) is 0 Å². The van der Waals surface area contributed by atoms with Gasteiger partial charge in [-0.1, -0.05) is 103 Å². The standard InChI is InChI=1S/C30H34Cl2N2O2/c1-20(2)18-33-30(36)28(16-23-8-6-5-7-9-23)34(19-24-10-11-26(31)27(32)15-24)29(35)17-25-13-21(3)12-22(4)14-25/h5-15,20,28H,16-19H2,1-4H3,(H,33,36)/t28-/m0/s1. The maximum Gasteiger partial charge on any atom is 0.243 e. The molecule has 3 aromatic rings. The van der Waals surface area contributed by atoms with Gasteiger partial charge in [-0.05, 0) is 48.6 Å². The van der Waals surface area contributed by atoms with Crippen molar-refractivity contribution in [2.45, 2.75) is 53.1 Å². The number of carbonyl (C=O) groups excluding carboxylic acids is 2. The molecule has 2 amide bonds. The predicted molar refractivity (Wildman–Crippen MR) is 148 cm³/mol. The van der Waals surface area contributed by atoms with Gasteiger partial charge in [-0.25, -0.2) is 0 Å². The van der Waals surface area contributed by atoms with E-state index in [1.807, 2.05) is 76.2 Å². The lowest BCUT2D eigenvalue weighted by atomic mass is 10.00. The van der Waals surface area contributed by atoms with Crippen LogP contribution in [0.3, 0.4) is 0 Å². The minimum absolute atomic E-state index is 0.119. The Kier molecular flexibility index (Phi) is 9.98. The third kappa shape index (κ3) is 8.11. The number of aryl methyl sites for hydroxylation is 2. The van der Waals surface area contributed by atoms with Crippen molar-refractivity contribution in [1.29, 1.82) is 0 Å². The highest BCUT2D eigenvalue weighted by molar-refractivity contribution is 6.42. The van der Waals surface area contributed by atoms with Gasteiger partial charge < -0.3 is 10.2 Å². The quantitative estimate of drug-likeness (QED) is 0.326. The molecule has 0 aliphatic rings. The number of amides is 2. The highest BCUT2D eigenvalue weighted by atomic mass is 35.5. The van der Waals surface area contributed by atoms with Crippen LogP contribution in [0.15, 0.2) is 66.7 Å². The summed E-state index contributed by atoms with van der Waals surface area (Å²) in [7, 11) is 0. The average molecular weight is 526 g/mol. The first-order valence-corrected chi connectivity index (χ1v) is 13.0. The Morgan fingerprint density at radius 3 is 2.11 bits per heavy atom. The van der Waals surface area contributed by atoms with Crippen LogP contribution in [0.25, 0.3) is 0 Å². The van der Waals surface area contributed by atoms with Crippen LogP contribution in [-0.4, -0.2) is 29.3 Å². The molecule has 0 aliphatic heterocycles. The van der Waals surface area contributed by atoms with Crippen LogP contribution in [0.1, 0.15) is 41.7 Å². The monoisotopic (exact) mass is 524 g/mol. The van der Waals surface area contributed by atoms with Gasteiger partial charge in [0, 0.05) is 19.5 Å². The van der Waals surface area contributed by atoms with Crippen molar-refractivity contribution in [3.63, 3.8) is 0 Å². The first-order valence-electron chi connectivity index (χ1n) is 12.2. The first-order chi connectivity index (χ1) is 17.1. The van der Waals surface area contributed by atoms with Gasteiger partial charge in [0.05, 0.1) is 16.5 Å². The number of halogens is 2. The molecule has 0 aromatic heterocycles. The Morgan fingerprint density at radius 2 is 1.50 bits per heavy atom. The predicted octanol–water partition coefficient (Wildman–Crippen LogP) is 6.57. The number of benzene rings is 3. The van der Waals surface area contributed by atoms with Crippen LogP contribution in [0.2, 0.25) is 10.0 Å². The van der Waals surface area contributed by atoms with E-state index in [1.165, 1.54) is 0 Å². The molecule has 0 aliphatic carbocycles. The van der Waals surface area contributed by atoms with Gasteiger partial charge in [0.15, 0.2) is 0 Å². The molecule has 0 heterocycles. The van der Waals surface area contributed by atoms with Crippen LogP contribution in [0.4, 0.5) is 0 Å². The SMILES string of the molecule is Cc1cc(C)cc(CC(=O)N(Cc2ccc(Cl)c(Cl)c2)[C@@H](Cc2ccccc2)C(=O)NCC(C)C)c1. The van der Waals surface area contributed by atoms with Gasteiger partial charge in [0.2, 0.25) is 11.8 Å². The summed E-state index contributed by atoms with van der Waals surface area (Å²) in [5.74, 6) is 0.00825. The molecule has 1 atom stereocenters. The van der Waals surface area contributed by atoms with Gasteiger partial charge in [-0.3, -0.25) is 9.59 Å². The third-order valence-corrected chi connectivity index (χ3v) is 6.67. The Labute approximate surface area is 224 Å². The molecule has 4 nitrogen and oxygen atoms in total. The smallest absolute Gasteiger partial charge is 0.243 e. The summed E-state index contributed by atoms with van der Waals surface area (Å²) in [6.07, 6.45) is 0.608. The molecule has 0 radical (unpaired) electrons. The van der Waals surface area contributed by atoms with Crippen LogP contribution in [0.5, 0.6) is 0 Å².